The molecule has 0 amide bonds. The van der Waals surface area contributed by atoms with E-state index in [1.807, 2.05) is 26.1 Å². The van der Waals surface area contributed by atoms with Crippen LogP contribution in [-0.4, -0.2) is 7.05 Å². The van der Waals surface area contributed by atoms with Gasteiger partial charge in [-0.25, -0.2) is 8.78 Å². The lowest BCUT2D eigenvalue weighted by atomic mass is 10.0. The third kappa shape index (κ3) is 2.57. The van der Waals surface area contributed by atoms with E-state index in [1.54, 1.807) is 12.1 Å². The molecular weight excluding hydrogens is 232 g/mol. The van der Waals surface area contributed by atoms with E-state index in [9.17, 15) is 8.78 Å². The summed E-state index contributed by atoms with van der Waals surface area (Å²) >= 11 is 0. The Labute approximate surface area is 105 Å². The average molecular weight is 247 g/mol. The van der Waals surface area contributed by atoms with Crippen LogP contribution in [0.4, 0.5) is 8.78 Å². The van der Waals surface area contributed by atoms with Crippen molar-refractivity contribution in [3.05, 3.63) is 59.7 Å². The Balaban J connectivity index is 2.37. The van der Waals surface area contributed by atoms with Crippen LogP contribution in [-0.2, 0) is 0 Å². The molecule has 1 atom stereocenters. The van der Waals surface area contributed by atoms with Crippen molar-refractivity contribution < 1.29 is 8.78 Å². The minimum absolute atomic E-state index is 0.233. The summed E-state index contributed by atoms with van der Waals surface area (Å²) in [4.78, 5) is 0. The van der Waals surface area contributed by atoms with Crippen LogP contribution in [0.1, 0.15) is 18.5 Å². The van der Waals surface area contributed by atoms with Crippen molar-refractivity contribution in [1.29, 1.82) is 0 Å². The minimum Gasteiger partial charge on any atom is -0.313 e. The minimum atomic E-state index is -0.431. The van der Waals surface area contributed by atoms with Crippen LogP contribution in [0.2, 0.25) is 0 Å². The molecule has 2 aromatic rings. The van der Waals surface area contributed by atoms with E-state index in [4.69, 9.17) is 0 Å². The number of benzene rings is 2. The zero-order valence-electron chi connectivity index (χ0n) is 10.4. The second-order valence-electron chi connectivity index (χ2n) is 4.26. The van der Waals surface area contributed by atoms with Gasteiger partial charge in [0.25, 0.3) is 0 Å². The van der Waals surface area contributed by atoms with Crippen molar-refractivity contribution in [2.45, 2.75) is 13.0 Å². The molecule has 0 aliphatic rings. The topological polar surface area (TPSA) is 12.0 Å². The van der Waals surface area contributed by atoms with Crippen LogP contribution < -0.4 is 5.32 Å². The molecule has 0 heterocycles. The molecule has 0 saturated heterocycles. The molecule has 2 rings (SSSR count). The maximum Gasteiger partial charge on any atom is 0.131 e. The van der Waals surface area contributed by atoms with Gasteiger partial charge in [-0.05, 0) is 43.3 Å². The van der Waals surface area contributed by atoms with Gasteiger partial charge in [-0.2, -0.15) is 0 Å². The quantitative estimate of drug-likeness (QED) is 0.867. The Kier molecular flexibility index (Phi) is 3.72. The van der Waals surface area contributed by atoms with Crippen LogP contribution in [0.25, 0.3) is 11.1 Å². The van der Waals surface area contributed by atoms with Crippen molar-refractivity contribution in [2.24, 2.45) is 0 Å². The molecule has 94 valence electrons. The number of hydrogen-bond donors (Lipinski definition) is 1. The predicted molar refractivity (Wildman–Crippen MR) is 69.3 cm³/mol. The summed E-state index contributed by atoms with van der Waals surface area (Å²) in [5.41, 5.74) is 2.08. The molecule has 1 unspecified atom stereocenters. The molecule has 0 aliphatic heterocycles. The Morgan fingerprint density at radius 3 is 2.28 bits per heavy atom. The average Bonchev–Trinajstić information content (AvgIpc) is 2.41. The largest absolute Gasteiger partial charge is 0.313 e. The molecule has 0 radical (unpaired) electrons. The highest BCUT2D eigenvalue weighted by molar-refractivity contribution is 5.64. The normalized spacial score (nSPS) is 12.4. The lowest BCUT2D eigenvalue weighted by Gasteiger charge is -2.11. The van der Waals surface area contributed by atoms with Crippen molar-refractivity contribution in [2.75, 3.05) is 7.05 Å². The van der Waals surface area contributed by atoms with Gasteiger partial charge in [-0.15, -0.1) is 0 Å². The van der Waals surface area contributed by atoms with E-state index in [2.05, 4.69) is 5.32 Å². The van der Waals surface area contributed by atoms with Crippen molar-refractivity contribution >= 4 is 0 Å². The third-order valence-corrected chi connectivity index (χ3v) is 3.08. The van der Waals surface area contributed by atoms with E-state index < -0.39 is 11.6 Å². The van der Waals surface area contributed by atoms with Crippen molar-refractivity contribution in [1.82, 2.24) is 5.32 Å². The monoisotopic (exact) mass is 247 g/mol. The molecule has 0 aliphatic carbocycles. The van der Waals surface area contributed by atoms with Crippen LogP contribution in [0, 0.1) is 11.6 Å². The Bertz CT molecular complexity index is 535. The maximum atomic E-state index is 13.6. The summed E-state index contributed by atoms with van der Waals surface area (Å²) in [7, 11) is 1.88. The predicted octanol–water partition coefficient (Wildman–Crippen LogP) is 3.91. The molecule has 0 aromatic heterocycles. The first-order valence-electron chi connectivity index (χ1n) is 5.84. The number of nitrogens with one attached hydrogen (secondary N) is 1. The van der Waals surface area contributed by atoms with Gasteiger partial charge < -0.3 is 5.32 Å². The number of rotatable bonds is 3. The van der Waals surface area contributed by atoms with Crippen molar-refractivity contribution in [3.63, 3.8) is 0 Å². The second-order valence-corrected chi connectivity index (χ2v) is 4.26. The lowest BCUT2D eigenvalue weighted by Crippen LogP contribution is -2.11. The molecule has 2 aromatic carbocycles. The molecule has 18 heavy (non-hydrogen) atoms. The van der Waals surface area contributed by atoms with Gasteiger partial charge in [-0.1, -0.05) is 24.3 Å². The van der Waals surface area contributed by atoms with Crippen LogP contribution in [0.3, 0.4) is 0 Å². The van der Waals surface area contributed by atoms with Crippen LogP contribution >= 0.6 is 0 Å². The molecule has 3 heteroatoms. The van der Waals surface area contributed by atoms with Gasteiger partial charge in [-0.3, -0.25) is 0 Å². The van der Waals surface area contributed by atoms with Gasteiger partial charge in [0.05, 0.1) is 0 Å². The van der Waals surface area contributed by atoms with Gasteiger partial charge in [0.2, 0.25) is 0 Å². The lowest BCUT2D eigenvalue weighted by molar-refractivity contribution is 0.603. The highest BCUT2D eigenvalue weighted by Crippen LogP contribution is 2.25. The fraction of sp³-hybridized carbons (Fsp3) is 0.200. The van der Waals surface area contributed by atoms with Gasteiger partial charge in [0, 0.05) is 11.6 Å². The zero-order chi connectivity index (χ0) is 13.1. The molecular formula is C15H15F2N. The molecule has 0 spiro atoms. The van der Waals surface area contributed by atoms with E-state index in [0.29, 0.717) is 11.1 Å². The summed E-state index contributed by atoms with van der Waals surface area (Å²) in [6, 6.07) is 11.2. The van der Waals surface area contributed by atoms with Crippen LogP contribution in [0.5, 0.6) is 0 Å². The first kappa shape index (κ1) is 12.7. The van der Waals surface area contributed by atoms with Gasteiger partial charge >= 0.3 is 0 Å². The number of halogens is 2. The van der Waals surface area contributed by atoms with E-state index >= 15 is 0 Å². The van der Waals surface area contributed by atoms with Gasteiger partial charge in [0.15, 0.2) is 0 Å². The van der Waals surface area contributed by atoms with Crippen LogP contribution in [0.15, 0.2) is 42.5 Å². The standard InChI is InChI=1S/C15H15F2N/c1-10(18-2)11-3-5-12(6-4-11)14-9-13(16)7-8-15(14)17/h3-10,18H,1-2H3. The first-order valence-corrected chi connectivity index (χ1v) is 5.84. The van der Waals surface area contributed by atoms with E-state index in [1.165, 1.54) is 6.07 Å². The summed E-state index contributed by atoms with van der Waals surface area (Å²) in [6.45, 7) is 2.04. The van der Waals surface area contributed by atoms with E-state index in [0.717, 1.165) is 17.7 Å². The summed E-state index contributed by atoms with van der Waals surface area (Å²) < 4.78 is 26.7. The van der Waals surface area contributed by atoms with Gasteiger partial charge in [0.1, 0.15) is 11.6 Å². The highest BCUT2D eigenvalue weighted by atomic mass is 19.1. The SMILES string of the molecule is CNC(C)c1ccc(-c2cc(F)ccc2F)cc1. The number of hydrogen-bond acceptors (Lipinski definition) is 1. The fourth-order valence-corrected chi connectivity index (χ4v) is 1.84. The summed E-state index contributed by atoms with van der Waals surface area (Å²) in [6.07, 6.45) is 0. The molecule has 0 saturated carbocycles. The smallest absolute Gasteiger partial charge is 0.131 e. The molecule has 1 N–H and O–H groups in total. The molecule has 0 bridgehead atoms. The highest BCUT2D eigenvalue weighted by Gasteiger charge is 2.07. The maximum absolute atomic E-state index is 13.6. The summed E-state index contributed by atoms with van der Waals surface area (Å²) in [5, 5.41) is 3.13. The first-order chi connectivity index (χ1) is 8.61. The summed E-state index contributed by atoms with van der Waals surface area (Å²) in [5.74, 6) is -0.843. The second kappa shape index (κ2) is 5.27. The van der Waals surface area contributed by atoms with E-state index in [-0.39, 0.29) is 6.04 Å². The molecule has 0 fully saturated rings. The molecule has 1 nitrogen and oxygen atoms in total. The third-order valence-electron chi connectivity index (χ3n) is 3.08. The Hall–Kier alpha value is -1.74. The fourth-order valence-electron chi connectivity index (χ4n) is 1.84. The van der Waals surface area contributed by atoms with Crippen molar-refractivity contribution in [3.8, 4) is 11.1 Å². The Morgan fingerprint density at radius 1 is 1.00 bits per heavy atom. The Morgan fingerprint density at radius 2 is 1.67 bits per heavy atom. The zero-order valence-corrected chi connectivity index (χ0v) is 10.4.